The first-order chi connectivity index (χ1) is 18.5. The van der Waals surface area contributed by atoms with E-state index in [1.165, 1.54) is 22.9 Å². The van der Waals surface area contributed by atoms with Crippen molar-refractivity contribution in [3.8, 4) is 11.5 Å². The van der Waals surface area contributed by atoms with Gasteiger partial charge in [0.25, 0.3) is 5.91 Å². The van der Waals surface area contributed by atoms with E-state index in [1.54, 1.807) is 18.2 Å². The second-order valence-electron chi connectivity index (χ2n) is 8.25. The highest BCUT2D eigenvalue weighted by atomic mass is 19.1. The molecule has 8 nitrogen and oxygen atoms in total. The van der Waals surface area contributed by atoms with Crippen molar-refractivity contribution in [1.82, 2.24) is 14.8 Å². The fraction of sp³-hybridized carbons (Fsp3) is 0.207. The molecule has 4 rings (SSSR count). The standard InChI is InChI=1S/C29H30FN5O3/c1-3-37-25-14-7-22(8-15-25)19-31-28-33-29(32-20-23-9-16-26(17-10-23)38-4-2)35(34-28)27(36)18-11-21-5-12-24(30)13-6-21/h5-18H,3-4,19-20H2,1-2H3,(H2,31,32,33,34)/b18-11+. The van der Waals surface area contributed by atoms with Crippen molar-refractivity contribution in [3.05, 3.63) is 101 Å². The Morgan fingerprint density at radius 1 is 0.842 bits per heavy atom. The van der Waals surface area contributed by atoms with Gasteiger partial charge in [-0.3, -0.25) is 4.79 Å². The van der Waals surface area contributed by atoms with E-state index in [-0.39, 0.29) is 5.82 Å². The fourth-order valence-electron chi connectivity index (χ4n) is 3.57. The largest absolute Gasteiger partial charge is 0.494 e. The molecule has 0 aliphatic rings. The van der Waals surface area contributed by atoms with Gasteiger partial charge >= 0.3 is 0 Å². The Kier molecular flexibility index (Phi) is 9.07. The molecule has 0 aliphatic carbocycles. The van der Waals surface area contributed by atoms with Gasteiger partial charge in [-0.05, 0) is 73.0 Å². The second-order valence-corrected chi connectivity index (χ2v) is 8.25. The molecule has 0 aliphatic heterocycles. The van der Waals surface area contributed by atoms with E-state index in [1.807, 2.05) is 62.4 Å². The van der Waals surface area contributed by atoms with Crippen molar-refractivity contribution in [3.63, 3.8) is 0 Å². The molecule has 4 aromatic rings. The second kappa shape index (κ2) is 13.0. The zero-order valence-electron chi connectivity index (χ0n) is 21.4. The molecule has 0 fully saturated rings. The number of hydrogen-bond acceptors (Lipinski definition) is 7. The number of nitrogens with one attached hydrogen (secondary N) is 2. The summed E-state index contributed by atoms with van der Waals surface area (Å²) in [4.78, 5) is 17.5. The minimum absolute atomic E-state index is 0.293. The van der Waals surface area contributed by atoms with E-state index in [0.717, 1.165) is 22.6 Å². The van der Waals surface area contributed by atoms with Crippen LogP contribution in [0.1, 0.15) is 35.3 Å². The fourth-order valence-corrected chi connectivity index (χ4v) is 3.57. The predicted molar refractivity (Wildman–Crippen MR) is 146 cm³/mol. The highest BCUT2D eigenvalue weighted by Gasteiger charge is 2.15. The van der Waals surface area contributed by atoms with Crippen LogP contribution in [0.25, 0.3) is 6.08 Å². The molecule has 2 N–H and O–H groups in total. The highest BCUT2D eigenvalue weighted by Crippen LogP contribution is 2.17. The number of halogens is 1. The molecule has 38 heavy (non-hydrogen) atoms. The third-order valence-electron chi connectivity index (χ3n) is 5.47. The normalized spacial score (nSPS) is 10.9. The molecular formula is C29H30FN5O3. The lowest BCUT2D eigenvalue weighted by molar-refractivity contribution is 0.0957. The Balaban J connectivity index is 1.49. The maximum atomic E-state index is 13.2. The zero-order chi connectivity index (χ0) is 26.7. The topological polar surface area (TPSA) is 90.3 Å². The summed E-state index contributed by atoms with van der Waals surface area (Å²) < 4.78 is 25.4. The molecule has 0 unspecified atom stereocenters. The van der Waals surface area contributed by atoms with Crippen molar-refractivity contribution < 1.29 is 18.7 Å². The molecule has 0 radical (unpaired) electrons. The predicted octanol–water partition coefficient (Wildman–Crippen LogP) is 5.79. The molecule has 0 spiro atoms. The molecule has 1 aromatic heterocycles. The van der Waals surface area contributed by atoms with Crippen LogP contribution >= 0.6 is 0 Å². The van der Waals surface area contributed by atoms with E-state index >= 15 is 0 Å². The summed E-state index contributed by atoms with van der Waals surface area (Å²) in [6.07, 6.45) is 2.98. The SMILES string of the molecule is CCOc1ccc(CNc2nc(NCc3ccc(OCC)cc3)n(C(=O)/C=C/c3ccc(F)cc3)n2)cc1. The quantitative estimate of drug-likeness (QED) is 0.231. The van der Waals surface area contributed by atoms with Gasteiger partial charge in [-0.1, -0.05) is 36.4 Å². The molecular weight excluding hydrogens is 485 g/mol. The van der Waals surface area contributed by atoms with Crippen molar-refractivity contribution in [2.24, 2.45) is 0 Å². The molecule has 0 atom stereocenters. The van der Waals surface area contributed by atoms with Crippen LogP contribution in [0.4, 0.5) is 16.3 Å². The van der Waals surface area contributed by atoms with Crippen molar-refractivity contribution in [1.29, 1.82) is 0 Å². The Morgan fingerprint density at radius 3 is 1.95 bits per heavy atom. The molecule has 3 aromatic carbocycles. The van der Waals surface area contributed by atoms with Crippen LogP contribution in [-0.4, -0.2) is 33.9 Å². The summed E-state index contributed by atoms with van der Waals surface area (Å²) in [7, 11) is 0. The molecule has 1 heterocycles. The van der Waals surface area contributed by atoms with E-state index in [2.05, 4.69) is 20.7 Å². The first-order valence-electron chi connectivity index (χ1n) is 12.4. The van der Waals surface area contributed by atoms with Gasteiger partial charge in [0.2, 0.25) is 11.9 Å². The average molecular weight is 516 g/mol. The number of hydrogen-bond donors (Lipinski definition) is 2. The minimum atomic E-state index is -0.398. The van der Waals surface area contributed by atoms with Gasteiger partial charge in [0, 0.05) is 19.2 Å². The zero-order valence-corrected chi connectivity index (χ0v) is 21.4. The number of carbonyl (C=O) groups excluding carboxylic acids is 1. The number of rotatable bonds is 12. The number of allylic oxidation sites excluding steroid dienone is 1. The van der Waals surface area contributed by atoms with E-state index in [0.29, 0.717) is 43.8 Å². The summed E-state index contributed by atoms with van der Waals surface area (Å²) >= 11 is 0. The Bertz CT molecular complexity index is 1350. The number of anilines is 2. The first kappa shape index (κ1) is 26.4. The number of benzene rings is 3. The van der Waals surface area contributed by atoms with Crippen LogP contribution in [0.15, 0.2) is 78.9 Å². The minimum Gasteiger partial charge on any atom is -0.494 e. The molecule has 0 saturated heterocycles. The lowest BCUT2D eigenvalue weighted by Gasteiger charge is -2.07. The van der Waals surface area contributed by atoms with Gasteiger partial charge in [0.15, 0.2) is 0 Å². The number of aromatic nitrogens is 3. The maximum Gasteiger partial charge on any atom is 0.274 e. The lowest BCUT2D eigenvalue weighted by atomic mass is 10.2. The van der Waals surface area contributed by atoms with Gasteiger partial charge in [-0.2, -0.15) is 9.67 Å². The smallest absolute Gasteiger partial charge is 0.274 e. The summed E-state index contributed by atoms with van der Waals surface area (Å²) in [6.45, 7) is 5.98. The van der Waals surface area contributed by atoms with Crippen LogP contribution in [-0.2, 0) is 13.1 Å². The maximum absolute atomic E-state index is 13.2. The van der Waals surface area contributed by atoms with Crippen LogP contribution in [0.2, 0.25) is 0 Å². The molecule has 0 amide bonds. The third kappa shape index (κ3) is 7.42. The van der Waals surface area contributed by atoms with Crippen LogP contribution in [0.3, 0.4) is 0 Å². The number of ether oxygens (including phenoxy) is 2. The van der Waals surface area contributed by atoms with Gasteiger partial charge in [-0.25, -0.2) is 4.39 Å². The van der Waals surface area contributed by atoms with Gasteiger partial charge in [-0.15, -0.1) is 5.10 Å². The number of carbonyl (C=O) groups is 1. The summed E-state index contributed by atoms with van der Waals surface area (Å²) in [5.41, 5.74) is 2.69. The molecule has 0 bridgehead atoms. The van der Waals surface area contributed by atoms with Gasteiger partial charge < -0.3 is 20.1 Å². The summed E-state index contributed by atoms with van der Waals surface area (Å²) in [5.74, 6) is 1.46. The van der Waals surface area contributed by atoms with E-state index in [9.17, 15) is 9.18 Å². The lowest BCUT2D eigenvalue weighted by Crippen LogP contribution is -2.14. The van der Waals surface area contributed by atoms with Crippen LogP contribution < -0.4 is 20.1 Å². The Labute approximate surface area is 221 Å². The molecule has 9 heteroatoms. The highest BCUT2D eigenvalue weighted by molar-refractivity contribution is 5.94. The Hall–Kier alpha value is -4.66. The van der Waals surface area contributed by atoms with Gasteiger partial charge in [0.05, 0.1) is 13.2 Å². The average Bonchev–Trinajstić information content (AvgIpc) is 3.35. The Morgan fingerprint density at radius 2 is 1.39 bits per heavy atom. The van der Waals surface area contributed by atoms with Crippen molar-refractivity contribution in [2.45, 2.75) is 26.9 Å². The molecule has 0 saturated carbocycles. The summed E-state index contributed by atoms with van der Waals surface area (Å²) in [6, 6.07) is 21.3. The van der Waals surface area contributed by atoms with Crippen molar-refractivity contribution in [2.75, 3.05) is 23.8 Å². The number of nitrogens with zero attached hydrogens (tertiary/aromatic N) is 3. The van der Waals surface area contributed by atoms with E-state index < -0.39 is 5.91 Å². The monoisotopic (exact) mass is 515 g/mol. The van der Waals surface area contributed by atoms with Gasteiger partial charge in [0.1, 0.15) is 17.3 Å². The first-order valence-corrected chi connectivity index (χ1v) is 12.4. The summed E-state index contributed by atoms with van der Waals surface area (Å²) in [5, 5.41) is 10.7. The van der Waals surface area contributed by atoms with Crippen molar-refractivity contribution >= 4 is 23.9 Å². The molecule has 196 valence electrons. The van der Waals surface area contributed by atoms with Crippen LogP contribution in [0.5, 0.6) is 11.5 Å². The van der Waals surface area contributed by atoms with Crippen LogP contribution in [0, 0.1) is 5.82 Å². The van der Waals surface area contributed by atoms with E-state index in [4.69, 9.17) is 9.47 Å². The third-order valence-corrected chi connectivity index (χ3v) is 5.47.